The van der Waals surface area contributed by atoms with Crippen LogP contribution in [0.2, 0.25) is 0 Å². The Balaban J connectivity index is 1.29. The highest BCUT2D eigenvalue weighted by Crippen LogP contribution is 2.17. The highest BCUT2D eigenvalue weighted by Gasteiger charge is 2.20. The molecule has 4 rings (SSSR count). The lowest BCUT2D eigenvalue weighted by Crippen LogP contribution is -2.30. The standard InChI is InChI=1S/C26H22FN5O4S2/c27-20-6-4-5-19(15-20)24(33)31-21-11-9-18(10-12-21)25(34)32-38(35,36)23-16-29-26(30-17-23)28-13-14-37-22-7-2-1-3-8-22/h1-12,15-17H,13-14H2,(H,31,33)(H,32,34)(H,28,29,30). The fourth-order valence-electron chi connectivity index (χ4n) is 3.17. The van der Waals surface area contributed by atoms with Gasteiger partial charge in [-0.3, -0.25) is 9.59 Å². The zero-order valence-electron chi connectivity index (χ0n) is 19.8. The third kappa shape index (κ3) is 7.37. The van der Waals surface area contributed by atoms with E-state index >= 15 is 0 Å². The Labute approximate surface area is 223 Å². The second kappa shape index (κ2) is 12.3. The van der Waals surface area contributed by atoms with Crippen LogP contribution in [0.4, 0.5) is 16.0 Å². The van der Waals surface area contributed by atoms with Gasteiger partial charge in [-0.2, -0.15) is 0 Å². The Bertz CT molecular complexity index is 1520. The Morgan fingerprint density at radius 2 is 1.55 bits per heavy atom. The van der Waals surface area contributed by atoms with Gasteiger partial charge >= 0.3 is 0 Å². The number of hydrogen-bond acceptors (Lipinski definition) is 8. The first-order valence-electron chi connectivity index (χ1n) is 11.3. The maximum Gasteiger partial charge on any atom is 0.267 e. The number of aromatic nitrogens is 2. The van der Waals surface area contributed by atoms with Crippen LogP contribution in [0.5, 0.6) is 0 Å². The van der Waals surface area contributed by atoms with Crippen LogP contribution >= 0.6 is 11.8 Å². The molecule has 1 aromatic heterocycles. The predicted molar refractivity (Wildman–Crippen MR) is 143 cm³/mol. The van der Waals surface area contributed by atoms with Crippen molar-refractivity contribution < 1.29 is 22.4 Å². The molecule has 3 N–H and O–H groups in total. The third-order valence-corrected chi connectivity index (χ3v) is 7.35. The van der Waals surface area contributed by atoms with Crippen LogP contribution in [0.15, 0.2) is 101 Å². The summed E-state index contributed by atoms with van der Waals surface area (Å²) >= 11 is 1.66. The van der Waals surface area contributed by atoms with Gasteiger partial charge in [0, 0.05) is 34.0 Å². The SMILES string of the molecule is O=C(Nc1ccc(C(=O)NS(=O)(=O)c2cnc(NCCSc3ccccc3)nc2)cc1)c1cccc(F)c1. The van der Waals surface area contributed by atoms with Crippen LogP contribution in [0.25, 0.3) is 0 Å². The van der Waals surface area contributed by atoms with E-state index in [0.29, 0.717) is 12.2 Å². The van der Waals surface area contributed by atoms with Crippen LogP contribution < -0.4 is 15.4 Å². The van der Waals surface area contributed by atoms with Crippen molar-refractivity contribution in [3.63, 3.8) is 0 Å². The van der Waals surface area contributed by atoms with E-state index in [1.54, 1.807) is 11.8 Å². The molecule has 0 saturated heterocycles. The molecular formula is C26H22FN5O4S2. The van der Waals surface area contributed by atoms with Gasteiger partial charge in [-0.05, 0) is 54.6 Å². The Hall–Kier alpha value is -4.29. The summed E-state index contributed by atoms with van der Waals surface area (Å²) in [4.78, 5) is 33.6. The van der Waals surface area contributed by atoms with Crippen LogP contribution in [0.1, 0.15) is 20.7 Å². The second-order valence-corrected chi connectivity index (χ2v) is 10.7. The van der Waals surface area contributed by atoms with Gasteiger partial charge in [0.1, 0.15) is 10.7 Å². The summed E-state index contributed by atoms with van der Waals surface area (Å²) in [6, 6.07) is 20.6. The zero-order chi connectivity index (χ0) is 27.0. The Morgan fingerprint density at radius 1 is 0.842 bits per heavy atom. The average Bonchev–Trinajstić information content (AvgIpc) is 2.92. The van der Waals surface area contributed by atoms with Crippen LogP contribution in [0.3, 0.4) is 0 Å². The van der Waals surface area contributed by atoms with Crippen molar-refractivity contribution in [3.05, 3.63) is 108 Å². The number of benzene rings is 3. The van der Waals surface area contributed by atoms with E-state index in [0.717, 1.165) is 29.1 Å². The van der Waals surface area contributed by atoms with Gasteiger partial charge in [0.2, 0.25) is 5.95 Å². The third-order valence-electron chi connectivity index (χ3n) is 5.05. The minimum atomic E-state index is -4.22. The number of sulfonamides is 1. The number of rotatable bonds is 10. The maximum absolute atomic E-state index is 13.3. The van der Waals surface area contributed by atoms with Gasteiger partial charge < -0.3 is 10.6 Å². The number of nitrogens with zero attached hydrogens (tertiary/aromatic N) is 2. The lowest BCUT2D eigenvalue weighted by molar-refractivity contribution is 0.0980. The van der Waals surface area contributed by atoms with Crippen molar-refractivity contribution >= 4 is 45.2 Å². The Morgan fingerprint density at radius 3 is 2.24 bits per heavy atom. The molecule has 0 fully saturated rings. The minimum Gasteiger partial charge on any atom is -0.353 e. The van der Waals surface area contributed by atoms with Crippen molar-refractivity contribution in [2.75, 3.05) is 22.9 Å². The highest BCUT2D eigenvalue weighted by molar-refractivity contribution is 7.99. The topological polar surface area (TPSA) is 130 Å². The zero-order valence-corrected chi connectivity index (χ0v) is 21.4. The normalized spacial score (nSPS) is 11.0. The fraction of sp³-hybridized carbons (Fsp3) is 0.0769. The summed E-state index contributed by atoms with van der Waals surface area (Å²) < 4.78 is 40.5. The number of halogens is 1. The molecule has 0 aliphatic rings. The first kappa shape index (κ1) is 26.8. The molecule has 0 aliphatic carbocycles. The van der Waals surface area contributed by atoms with E-state index in [2.05, 4.69) is 20.6 Å². The summed E-state index contributed by atoms with van der Waals surface area (Å²) in [5.41, 5.74) is 0.525. The van der Waals surface area contributed by atoms with Gasteiger partial charge in [-0.25, -0.2) is 27.5 Å². The summed E-state index contributed by atoms with van der Waals surface area (Å²) in [5, 5.41) is 5.60. The van der Waals surface area contributed by atoms with E-state index in [1.807, 2.05) is 35.1 Å². The van der Waals surface area contributed by atoms with E-state index in [1.165, 1.54) is 42.5 Å². The molecule has 12 heteroatoms. The van der Waals surface area contributed by atoms with E-state index in [-0.39, 0.29) is 22.0 Å². The monoisotopic (exact) mass is 551 g/mol. The van der Waals surface area contributed by atoms with E-state index in [9.17, 15) is 22.4 Å². The van der Waals surface area contributed by atoms with Crippen molar-refractivity contribution in [2.24, 2.45) is 0 Å². The van der Waals surface area contributed by atoms with Gasteiger partial charge in [0.05, 0.1) is 12.4 Å². The number of carbonyl (C=O) groups excluding carboxylic acids is 2. The maximum atomic E-state index is 13.3. The van der Waals surface area contributed by atoms with Gasteiger partial charge in [-0.1, -0.05) is 24.3 Å². The molecule has 3 aromatic carbocycles. The minimum absolute atomic E-state index is 0.0486. The van der Waals surface area contributed by atoms with Crippen molar-refractivity contribution in [2.45, 2.75) is 9.79 Å². The largest absolute Gasteiger partial charge is 0.353 e. The lowest BCUT2D eigenvalue weighted by Gasteiger charge is -2.09. The summed E-state index contributed by atoms with van der Waals surface area (Å²) in [5.74, 6) is -0.915. The molecule has 4 aromatic rings. The molecule has 9 nitrogen and oxygen atoms in total. The van der Waals surface area contributed by atoms with Gasteiger partial charge in [0.15, 0.2) is 0 Å². The molecule has 0 atom stereocenters. The van der Waals surface area contributed by atoms with Crippen molar-refractivity contribution in [1.29, 1.82) is 0 Å². The summed E-state index contributed by atoms with van der Waals surface area (Å²) in [7, 11) is -4.22. The predicted octanol–water partition coefficient (Wildman–Crippen LogP) is 4.19. The number of carbonyl (C=O) groups is 2. The molecule has 2 amide bonds. The first-order chi connectivity index (χ1) is 18.3. The van der Waals surface area contributed by atoms with E-state index in [4.69, 9.17) is 0 Å². The smallest absolute Gasteiger partial charge is 0.267 e. The van der Waals surface area contributed by atoms with Crippen LogP contribution in [-0.4, -0.2) is 42.5 Å². The second-order valence-electron chi connectivity index (χ2n) is 7.81. The van der Waals surface area contributed by atoms with Crippen molar-refractivity contribution in [3.8, 4) is 0 Å². The molecular weight excluding hydrogens is 529 g/mol. The highest BCUT2D eigenvalue weighted by atomic mass is 32.2. The molecule has 38 heavy (non-hydrogen) atoms. The fourth-order valence-corrected chi connectivity index (χ4v) is 4.82. The quantitative estimate of drug-likeness (QED) is 0.198. The molecule has 194 valence electrons. The molecule has 0 spiro atoms. The van der Waals surface area contributed by atoms with Crippen LogP contribution in [-0.2, 0) is 10.0 Å². The first-order valence-corrected chi connectivity index (χ1v) is 13.7. The van der Waals surface area contributed by atoms with Gasteiger partial charge in [-0.15, -0.1) is 11.8 Å². The van der Waals surface area contributed by atoms with Crippen molar-refractivity contribution in [1.82, 2.24) is 14.7 Å². The Kier molecular flexibility index (Phi) is 8.66. The summed E-state index contributed by atoms with van der Waals surface area (Å²) in [6.45, 7) is 0.571. The van der Waals surface area contributed by atoms with Crippen LogP contribution in [0, 0.1) is 5.82 Å². The molecule has 0 unspecified atom stereocenters. The molecule has 0 bridgehead atoms. The lowest BCUT2D eigenvalue weighted by atomic mass is 10.1. The number of amides is 2. The molecule has 0 aliphatic heterocycles. The molecule has 1 heterocycles. The number of nitrogens with one attached hydrogen (secondary N) is 3. The number of anilines is 2. The summed E-state index contributed by atoms with van der Waals surface area (Å²) in [6.07, 6.45) is 2.22. The van der Waals surface area contributed by atoms with E-state index < -0.39 is 27.7 Å². The van der Waals surface area contributed by atoms with Gasteiger partial charge in [0.25, 0.3) is 21.8 Å². The number of thioether (sulfide) groups is 1. The molecule has 0 radical (unpaired) electrons. The molecule has 0 saturated carbocycles. The number of hydrogen-bond donors (Lipinski definition) is 3. The average molecular weight is 552 g/mol.